The van der Waals surface area contributed by atoms with Gasteiger partial charge in [0.15, 0.2) is 0 Å². The predicted molar refractivity (Wildman–Crippen MR) is 106 cm³/mol. The number of aliphatic carboxylic acids is 3. The summed E-state index contributed by atoms with van der Waals surface area (Å²) in [5.74, 6) is -3.71. The van der Waals surface area contributed by atoms with Crippen LogP contribution in [0.25, 0.3) is 0 Å². The van der Waals surface area contributed by atoms with E-state index in [0.29, 0.717) is 12.2 Å². The van der Waals surface area contributed by atoms with E-state index >= 15 is 0 Å². The number of rotatable bonds is 18. The van der Waals surface area contributed by atoms with E-state index in [1.54, 1.807) is 0 Å². The van der Waals surface area contributed by atoms with E-state index in [9.17, 15) is 24.6 Å². The summed E-state index contributed by atoms with van der Waals surface area (Å²) in [6, 6.07) is 0. The summed E-state index contributed by atoms with van der Waals surface area (Å²) in [6.45, 7) is 2.27. The second-order valence-electron chi connectivity index (χ2n) is 7.06. The van der Waals surface area contributed by atoms with E-state index in [1.165, 1.54) is 83.5 Å². The molecule has 29 heavy (non-hydrogen) atoms. The molecule has 0 saturated heterocycles. The van der Waals surface area contributed by atoms with E-state index < -0.39 is 17.9 Å². The molecule has 0 aromatic carbocycles. The fourth-order valence-corrected chi connectivity index (χ4v) is 2.78. The van der Waals surface area contributed by atoms with Gasteiger partial charge in [-0.15, -0.1) is 0 Å². The van der Waals surface area contributed by atoms with E-state index in [2.05, 4.69) is 6.92 Å². The van der Waals surface area contributed by atoms with Gasteiger partial charge in [0.05, 0.1) is 5.97 Å². The van der Waals surface area contributed by atoms with Crippen LogP contribution in [0.2, 0.25) is 0 Å². The van der Waals surface area contributed by atoms with Crippen molar-refractivity contribution < 1.29 is 49.2 Å². The molecule has 0 radical (unpaired) electrons. The van der Waals surface area contributed by atoms with Gasteiger partial charge in [0.25, 0.3) is 0 Å². The van der Waals surface area contributed by atoms with E-state index in [0.717, 1.165) is 12.8 Å². The Bertz CT molecular complexity index is 408. The third-order valence-electron chi connectivity index (χ3n) is 4.35. The maximum atomic E-state index is 10.2. The van der Waals surface area contributed by atoms with Crippen LogP contribution in [0.4, 0.5) is 0 Å². The van der Waals surface area contributed by atoms with Crippen LogP contribution >= 0.6 is 0 Å². The van der Waals surface area contributed by atoms with Gasteiger partial charge in [0, 0.05) is 12.0 Å². The monoisotopic (exact) mass is 462 g/mol. The van der Waals surface area contributed by atoms with Crippen LogP contribution in [0.1, 0.15) is 110 Å². The number of carbonyl (C=O) groups excluding carboxylic acids is 2. The Hall–Kier alpha value is -1.23. The Morgan fingerprint density at radius 2 is 1.00 bits per heavy atom. The Balaban J connectivity index is -0.000000636. The fraction of sp³-hybridized carbons (Fsp3) is 0.773. The summed E-state index contributed by atoms with van der Waals surface area (Å²) in [5.41, 5.74) is 0. The van der Waals surface area contributed by atoms with Gasteiger partial charge in [-0.1, -0.05) is 96.8 Å². The molecule has 0 rings (SSSR count). The van der Waals surface area contributed by atoms with Gasteiger partial charge in [-0.2, -0.15) is 0 Å². The van der Waals surface area contributed by atoms with Crippen LogP contribution in [0.5, 0.6) is 0 Å². The Kier molecular flexibility index (Phi) is 29.9. The molecule has 0 heterocycles. The zero-order chi connectivity index (χ0) is 21.5. The van der Waals surface area contributed by atoms with Gasteiger partial charge in [-0.05, 0) is 18.9 Å². The van der Waals surface area contributed by atoms with Gasteiger partial charge in [-0.3, -0.25) is 0 Å². The number of hydrogen-bond acceptors (Lipinski definition) is 5. The van der Waals surface area contributed by atoms with Gasteiger partial charge in [-0.25, -0.2) is 4.79 Å². The van der Waals surface area contributed by atoms with E-state index in [-0.39, 0.29) is 25.9 Å². The van der Waals surface area contributed by atoms with Crippen molar-refractivity contribution in [3.05, 3.63) is 12.2 Å². The van der Waals surface area contributed by atoms with Crippen LogP contribution in [0.15, 0.2) is 12.2 Å². The zero-order valence-electron chi connectivity index (χ0n) is 18.2. The Labute approximate surface area is 188 Å². The first kappa shape index (κ1) is 32.4. The van der Waals surface area contributed by atoms with E-state index in [1.807, 2.05) is 0 Å². The SMILES string of the molecule is CCCCCCCCCCCCCCCCCC(=O)[O-].O=C([O-])/C=C\C(=O)O.[Zn+2]. The molecule has 0 spiro atoms. The van der Waals surface area contributed by atoms with Gasteiger partial charge >= 0.3 is 25.4 Å². The molecule has 0 fully saturated rings. The van der Waals surface area contributed by atoms with Crippen LogP contribution in [-0.2, 0) is 33.9 Å². The number of carboxylic acid groups (broad SMARTS) is 3. The number of unbranched alkanes of at least 4 members (excludes halogenated alkanes) is 14. The first-order valence-electron chi connectivity index (χ1n) is 10.7. The first-order valence-corrected chi connectivity index (χ1v) is 10.7. The normalized spacial score (nSPS) is 10.1. The first-order chi connectivity index (χ1) is 13.4. The summed E-state index contributed by atoms with van der Waals surface area (Å²) < 4.78 is 0. The third-order valence-corrected chi connectivity index (χ3v) is 4.35. The van der Waals surface area contributed by atoms with Crippen LogP contribution in [-0.4, -0.2) is 23.0 Å². The van der Waals surface area contributed by atoms with Gasteiger partial charge < -0.3 is 24.9 Å². The molecule has 0 aliphatic rings. The second kappa shape index (κ2) is 26.8. The van der Waals surface area contributed by atoms with Gasteiger partial charge in [0.1, 0.15) is 0 Å². The Morgan fingerprint density at radius 3 is 1.24 bits per heavy atom. The third kappa shape index (κ3) is 38.1. The van der Waals surface area contributed by atoms with Gasteiger partial charge in [0.2, 0.25) is 0 Å². The molecule has 1 N–H and O–H groups in total. The summed E-state index contributed by atoms with van der Waals surface area (Å²) >= 11 is 0. The molecule has 0 aliphatic heterocycles. The largest absolute Gasteiger partial charge is 2.00 e. The second-order valence-corrected chi connectivity index (χ2v) is 7.06. The van der Waals surface area contributed by atoms with Crippen molar-refractivity contribution in [1.29, 1.82) is 0 Å². The van der Waals surface area contributed by atoms with Crippen molar-refractivity contribution in [2.75, 3.05) is 0 Å². The molecule has 0 atom stereocenters. The molecular formula is C22H38O6Zn. The molecular weight excluding hydrogens is 426 g/mol. The molecule has 0 saturated carbocycles. The minimum absolute atomic E-state index is 0. The standard InChI is InChI=1S/C18H36O2.C4H4O4.Zn/c1-2-3-4-5-6-7-8-9-10-11-12-13-14-15-16-17-18(19)20;5-3(6)1-2-4(7)8;/h2-17H2,1H3,(H,19,20);1-2H,(H,5,6)(H,7,8);/q;;+2/p-2/b;2-1-;. The molecule has 0 unspecified atom stereocenters. The molecule has 0 aromatic heterocycles. The van der Waals surface area contributed by atoms with Crippen LogP contribution < -0.4 is 10.2 Å². The molecule has 6 nitrogen and oxygen atoms in total. The van der Waals surface area contributed by atoms with Crippen molar-refractivity contribution in [2.45, 2.75) is 110 Å². The molecule has 164 valence electrons. The smallest absolute Gasteiger partial charge is 0.550 e. The summed E-state index contributed by atoms with van der Waals surface area (Å²) in [4.78, 5) is 29.2. The number of carbonyl (C=O) groups is 3. The van der Waals surface area contributed by atoms with Crippen molar-refractivity contribution in [3.8, 4) is 0 Å². The predicted octanol–water partition coefficient (Wildman–Crippen LogP) is 3.37. The van der Waals surface area contributed by atoms with Crippen LogP contribution in [0, 0.1) is 0 Å². The number of carboxylic acids is 3. The molecule has 0 aromatic rings. The van der Waals surface area contributed by atoms with Crippen molar-refractivity contribution in [1.82, 2.24) is 0 Å². The van der Waals surface area contributed by atoms with Crippen molar-refractivity contribution in [3.63, 3.8) is 0 Å². The fourth-order valence-electron chi connectivity index (χ4n) is 2.78. The molecule has 0 amide bonds. The topological polar surface area (TPSA) is 118 Å². The zero-order valence-corrected chi connectivity index (χ0v) is 21.1. The summed E-state index contributed by atoms with van der Waals surface area (Å²) in [7, 11) is 0. The average molecular weight is 464 g/mol. The Morgan fingerprint density at radius 1 is 0.655 bits per heavy atom. The summed E-state index contributed by atoms with van der Waals surface area (Å²) in [6.07, 6.45) is 20.8. The summed E-state index contributed by atoms with van der Waals surface area (Å²) in [5, 5.41) is 27.4. The minimum atomic E-state index is -1.51. The number of hydrogen-bond donors (Lipinski definition) is 1. The molecule has 7 heteroatoms. The molecule has 0 bridgehead atoms. The maximum Gasteiger partial charge on any atom is 2.00 e. The van der Waals surface area contributed by atoms with Crippen molar-refractivity contribution >= 4 is 17.9 Å². The maximum absolute atomic E-state index is 10.2. The quantitative estimate of drug-likeness (QED) is 0.189. The average Bonchev–Trinajstić information content (AvgIpc) is 2.63. The van der Waals surface area contributed by atoms with E-state index in [4.69, 9.17) is 5.11 Å². The minimum Gasteiger partial charge on any atom is -0.550 e. The van der Waals surface area contributed by atoms with Crippen LogP contribution in [0.3, 0.4) is 0 Å². The molecule has 0 aliphatic carbocycles. The van der Waals surface area contributed by atoms with Crippen molar-refractivity contribution in [2.24, 2.45) is 0 Å².